The predicted octanol–water partition coefficient (Wildman–Crippen LogP) is 3.89. The molecule has 0 spiro atoms. The molecule has 1 atom stereocenters. The molecule has 0 aliphatic carbocycles. The fourth-order valence-electron chi connectivity index (χ4n) is 2.86. The van der Waals surface area contributed by atoms with Crippen molar-refractivity contribution in [3.63, 3.8) is 0 Å². The van der Waals surface area contributed by atoms with Gasteiger partial charge in [0.1, 0.15) is 11.1 Å². The molecular weight excluding hydrogens is 419 g/mol. The fourth-order valence-corrected chi connectivity index (χ4v) is 3.96. The number of aromatic nitrogens is 4. The van der Waals surface area contributed by atoms with Gasteiger partial charge in [-0.1, -0.05) is 22.9 Å². The van der Waals surface area contributed by atoms with Crippen molar-refractivity contribution in [3.8, 4) is 0 Å². The van der Waals surface area contributed by atoms with Gasteiger partial charge in [-0.3, -0.25) is 4.79 Å². The highest BCUT2D eigenvalue weighted by atomic mass is 35.5. The maximum atomic E-state index is 12.9. The van der Waals surface area contributed by atoms with Gasteiger partial charge in [-0.25, -0.2) is 4.98 Å². The third-order valence-corrected chi connectivity index (χ3v) is 5.33. The van der Waals surface area contributed by atoms with Crippen molar-refractivity contribution < 1.29 is 22.7 Å². The standard InChI is InChI=1S/C16H13ClF3N5O2S/c17-10-4-8(16(18,19)20)6-25-7-9(21-13(10)25)5-12(26)22-15-24-23-14(28-15)11-2-1-3-27-11/h4,6-7,11H,1-3,5H2,(H,22,24,26). The molecule has 0 bridgehead atoms. The molecule has 1 aliphatic heterocycles. The van der Waals surface area contributed by atoms with Crippen LogP contribution in [0, 0.1) is 0 Å². The number of carbonyl (C=O) groups is 1. The van der Waals surface area contributed by atoms with Gasteiger partial charge in [0.05, 0.1) is 22.7 Å². The summed E-state index contributed by atoms with van der Waals surface area (Å²) in [6.45, 7) is 0.679. The van der Waals surface area contributed by atoms with Gasteiger partial charge in [0, 0.05) is 19.0 Å². The van der Waals surface area contributed by atoms with Gasteiger partial charge in [0.15, 0.2) is 5.65 Å². The first-order valence-electron chi connectivity index (χ1n) is 8.29. The van der Waals surface area contributed by atoms with Crippen molar-refractivity contribution in [1.29, 1.82) is 0 Å². The summed E-state index contributed by atoms with van der Waals surface area (Å²) in [6.07, 6.45) is -0.719. The summed E-state index contributed by atoms with van der Waals surface area (Å²) >= 11 is 7.13. The number of pyridine rings is 1. The number of nitrogens with zero attached hydrogens (tertiary/aromatic N) is 4. The van der Waals surface area contributed by atoms with Crippen molar-refractivity contribution in [3.05, 3.63) is 39.7 Å². The van der Waals surface area contributed by atoms with Gasteiger partial charge in [0.2, 0.25) is 11.0 Å². The van der Waals surface area contributed by atoms with Gasteiger partial charge < -0.3 is 14.5 Å². The molecule has 4 heterocycles. The van der Waals surface area contributed by atoms with Crippen LogP contribution in [-0.4, -0.2) is 32.1 Å². The Morgan fingerprint density at radius 3 is 2.93 bits per heavy atom. The lowest BCUT2D eigenvalue weighted by Crippen LogP contribution is -2.14. The summed E-state index contributed by atoms with van der Waals surface area (Å²) in [6, 6.07) is 0.807. The molecule has 1 amide bonds. The quantitative estimate of drug-likeness (QED) is 0.677. The molecule has 12 heteroatoms. The third-order valence-electron chi connectivity index (χ3n) is 4.12. The van der Waals surface area contributed by atoms with Gasteiger partial charge >= 0.3 is 6.18 Å². The van der Waals surface area contributed by atoms with E-state index in [-0.39, 0.29) is 28.9 Å². The van der Waals surface area contributed by atoms with Crippen molar-refractivity contribution in [2.24, 2.45) is 0 Å². The first-order chi connectivity index (χ1) is 13.3. The number of ether oxygens (including phenoxy) is 1. The minimum absolute atomic E-state index is 0.0911. The second-order valence-electron chi connectivity index (χ2n) is 6.21. The molecule has 1 aliphatic rings. The second-order valence-corrected chi connectivity index (χ2v) is 7.63. The number of hydrogen-bond donors (Lipinski definition) is 1. The van der Waals surface area contributed by atoms with Gasteiger partial charge in [-0.2, -0.15) is 13.2 Å². The Labute approximate surface area is 165 Å². The largest absolute Gasteiger partial charge is 0.417 e. The minimum Gasteiger partial charge on any atom is -0.371 e. The van der Waals surface area contributed by atoms with Crippen LogP contribution in [0.4, 0.5) is 18.3 Å². The normalized spacial score (nSPS) is 17.4. The van der Waals surface area contributed by atoms with Crippen LogP contribution in [0.5, 0.6) is 0 Å². The predicted molar refractivity (Wildman–Crippen MR) is 95.4 cm³/mol. The maximum Gasteiger partial charge on any atom is 0.417 e. The zero-order valence-electron chi connectivity index (χ0n) is 14.2. The van der Waals surface area contributed by atoms with Crippen LogP contribution in [0.2, 0.25) is 5.02 Å². The number of rotatable bonds is 4. The van der Waals surface area contributed by atoms with E-state index in [0.717, 1.165) is 29.5 Å². The average Bonchev–Trinajstić information content (AvgIpc) is 3.33. The first-order valence-corrected chi connectivity index (χ1v) is 9.48. The molecule has 7 nitrogen and oxygen atoms in total. The van der Waals surface area contributed by atoms with Crippen LogP contribution < -0.4 is 5.32 Å². The molecule has 28 heavy (non-hydrogen) atoms. The molecule has 0 radical (unpaired) electrons. The zero-order chi connectivity index (χ0) is 19.9. The summed E-state index contributed by atoms with van der Waals surface area (Å²) in [5.74, 6) is -0.411. The van der Waals surface area contributed by atoms with Crippen molar-refractivity contribution in [2.75, 3.05) is 11.9 Å². The third kappa shape index (κ3) is 3.96. The topological polar surface area (TPSA) is 81.4 Å². The Balaban J connectivity index is 1.47. The number of amides is 1. The van der Waals surface area contributed by atoms with Crippen LogP contribution in [0.1, 0.15) is 35.2 Å². The number of carbonyl (C=O) groups excluding carboxylic acids is 1. The second kappa shape index (κ2) is 7.30. The minimum atomic E-state index is -4.53. The van der Waals surface area contributed by atoms with E-state index < -0.39 is 17.6 Å². The molecular formula is C16H13ClF3N5O2S. The summed E-state index contributed by atoms with van der Waals surface area (Å²) in [7, 11) is 0. The molecule has 1 unspecified atom stereocenters. The SMILES string of the molecule is O=C(Cc1cn2cc(C(F)(F)F)cc(Cl)c2n1)Nc1nnc(C2CCCO2)s1. The van der Waals surface area contributed by atoms with Crippen LogP contribution in [-0.2, 0) is 22.1 Å². The zero-order valence-corrected chi connectivity index (χ0v) is 15.7. The maximum absolute atomic E-state index is 12.9. The number of hydrogen-bond acceptors (Lipinski definition) is 6. The lowest BCUT2D eigenvalue weighted by molar-refractivity contribution is -0.137. The van der Waals surface area contributed by atoms with Gasteiger partial charge in [-0.05, 0) is 18.9 Å². The number of alkyl halides is 3. The molecule has 1 fully saturated rings. The monoisotopic (exact) mass is 431 g/mol. The average molecular weight is 432 g/mol. The van der Waals surface area contributed by atoms with E-state index in [1.54, 1.807) is 0 Å². The van der Waals surface area contributed by atoms with Crippen LogP contribution in [0.15, 0.2) is 18.5 Å². The number of fused-ring (bicyclic) bond motifs is 1. The van der Waals surface area contributed by atoms with Crippen molar-refractivity contribution in [1.82, 2.24) is 19.6 Å². The van der Waals surface area contributed by atoms with Crippen LogP contribution >= 0.6 is 22.9 Å². The van der Waals surface area contributed by atoms with Gasteiger partial charge in [-0.15, -0.1) is 10.2 Å². The highest BCUT2D eigenvalue weighted by Crippen LogP contribution is 2.33. The molecule has 4 rings (SSSR count). The molecule has 1 N–H and O–H groups in total. The number of anilines is 1. The Kier molecular flexibility index (Phi) is 4.98. The molecule has 148 valence electrons. The van der Waals surface area contributed by atoms with E-state index in [9.17, 15) is 18.0 Å². The van der Waals surface area contributed by atoms with E-state index in [1.807, 2.05) is 0 Å². The molecule has 0 aromatic carbocycles. The molecule has 0 saturated carbocycles. The highest BCUT2D eigenvalue weighted by Gasteiger charge is 2.32. The van der Waals surface area contributed by atoms with Crippen LogP contribution in [0.3, 0.4) is 0 Å². The summed E-state index contributed by atoms with van der Waals surface area (Å²) < 4.78 is 45.4. The number of halogens is 4. The van der Waals surface area contributed by atoms with Crippen LogP contribution in [0.25, 0.3) is 5.65 Å². The number of imidazole rings is 1. The van der Waals surface area contributed by atoms with Gasteiger partial charge in [0.25, 0.3) is 0 Å². The lowest BCUT2D eigenvalue weighted by Gasteiger charge is -2.07. The van der Waals surface area contributed by atoms with E-state index in [1.165, 1.54) is 17.5 Å². The summed E-state index contributed by atoms with van der Waals surface area (Å²) in [5.41, 5.74) is -0.467. The fraction of sp³-hybridized carbons (Fsp3) is 0.375. The van der Waals surface area contributed by atoms with Crippen molar-refractivity contribution in [2.45, 2.75) is 31.5 Å². The molecule has 3 aromatic heterocycles. The Hall–Kier alpha value is -2.24. The van der Waals surface area contributed by atoms with E-state index in [2.05, 4.69) is 20.5 Å². The Morgan fingerprint density at radius 1 is 1.39 bits per heavy atom. The van der Waals surface area contributed by atoms with E-state index >= 15 is 0 Å². The highest BCUT2D eigenvalue weighted by molar-refractivity contribution is 7.15. The Bertz CT molecular complexity index is 1030. The van der Waals surface area contributed by atoms with E-state index in [4.69, 9.17) is 16.3 Å². The number of nitrogens with one attached hydrogen (secondary N) is 1. The summed E-state index contributed by atoms with van der Waals surface area (Å²) in [4.78, 5) is 16.4. The molecule has 1 saturated heterocycles. The molecule has 3 aromatic rings. The Morgan fingerprint density at radius 2 is 2.21 bits per heavy atom. The smallest absolute Gasteiger partial charge is 0.371 e. The lowest BCUT2D eigenvalue weighted by atomic mass is 10.2. The van der Waals surface area contributed by atoms with E-state index in [0.29, 0.717) is 16.7 Å². The first kappa shape index (κ1) is 19.1. The van der Waals surface area contributed by atoms with Crippen molar-refractivity contribution >= 4 is 39.6 Å². The summed E-state index contributed by atoms with van der Waals surface area (Å²) in [5, 5.41) is 11.4.